The number of oxime groups is 1. The molecule has 212 valence electrons. The van der Waals surface area contributed by atoms with Crippen molar-refractivity contribution in [3.63, 3.8) is 0 Å². The molecule has 0 radical (unpaired) electrons. The van der Waals surface area contributed by atoms with E-state index >= 15 is 0 Å². The third kappa shape index (κ3) is 6.07. The number of fused-ring (bicyclic) bond motifs is 5. The van der Waals surface area contributed by atoms with Gasteiger partial charge in [0.1, 0.15) is 12.9 Å². The van der Waals surface area contributed by atoms with Gasteiger partial charge in [-0.3, -0.25) is 4.79 Å². The van der Waals surface area contributed by atoms with Crippen LogP contribution in [0.3, 0.4) is 0 Å². The first-order valence-corrected chi connectivity index (χ1v) is 15.7. The topological polar surface area (TPSA) is 140 Å². The van der Waals surface area contributed by atoms with E-state index in [2.05, 4.69) is 33.0 Å². The predicted octanol–water partition coefficient (Wildman–Crippen LogP) is 5.40. The van der Waals surface area contributed by atoms with E-state index in [0.29, 0.717) is 41.0 Å². The summed E-state index contributed by atoms with van der Waals surface area (Å²) in [6, 6.07) is 5.92. The van der Waals surface area contributed by atoms with E-state index in [1.807, 2.05) is 19.1 Å². The predicted molar refractivity (Wildman–Crippen MR) is 148 cm³/mol. The number of nitrogens with zero attached hydrogens (tertiary/aromatic N) is 2. The number of phosphoric ester groups is 1. The van der Waals surface area contributed by atoms with Gasteiger partial charge in [-0.15, -0.1) is 11.3 Å². The van der Waals surface area contributed by atoms with Gasteiger partial charge in [-0.1, -0.05) is 18.1 Å². The van der Waals surface area contributed by atoms with E-state index in [1.54, 1.807) is 13.3 Å². The highest BCUT2D eigenvalue weighted by Gasteiger charge is 2.57. The van der Waals surface area contributed by atoms with Gasteiger partial charge >= 0.3 is 7.82 Å². The first-order valence-electron chi connectivity index (χ1n) is 13.4. The second-order valence-electron chi connectivity index (χ2n) is 11.1. The largest absolute Gasteiger partial charge is 0.472 e. The highest BCUT2D eigenvalue weighted by Crippen LogP contribution is 2.62. The maximum atomic E-state index is 12.8. The zero-order chi connectivity index (χ0) is 27.8. The quantitative estimate of drug-likeness (QED) is 0.205. The number of aryl methyl sites for hydroxylation is 2. The Morgan fingerprint density at radius 2 is 2.15 bits per heavy atom. The Morgan fingerprint density at radius 1 is 1.33 bits per heavy atom. The molecule has 0 bridgehead atoms. The zero-order valence-corrected chi connectivity index (χ0v) is 24.2. The number of ether oxygens (including phenoxy) is 1. The molecule has 2 saturated carbocycles. The summed E-state index contributed by atoms with van der Waals surface area (Å²) in [5.41, 5.74) is 3.61. The van der Waals surface area contributed by atoms with E-state index in [1.165, 1.54) is 22.5 Å². The van der Waals surface area contributed by atoms with Gasteiger partial charge in [-0.25, -0.2) is 14.1 Å². The summed E-state index contributed by atoms with van der Waals surface area (Å²) < 4.78 is 20.8. The number of anilines is 1. The maximum Gasteiger partial charge on any atom is 0.472 e. The maximum absolute atomic E-state index is 12.8. The Morgan fingerprint density at radius 3 is 2.87 bits per heavy atom. The van der Waals surface area contributed by atoms with Crippen LogP contribution in [-0.2, 0) is 25.1 Å². The molecule has 1 aromatic carbocycles. The molecule has 0 aliphatic heterocycles. The molecular weight excluding hydrogens is 541 g/mol. The molecule has 0 spiro atoms. The van der Waals surface area contributed by atoms with Crippen molar-refractivity contribution in [2.45, 2.75) is 64.7 Å². The number of hydrogen-bond acceptors (Lipinski definition) is 8. The van der Waals surface area contributed by atoms with Crippen molar-refractivity contribution >= 4 is 35.9 Å². The molecule has 2 fully saturated rings. The van der Waals surface area contributed by atoms with E-state index < -0.39 is 14.6 Å². The van der Waals surface area contributed by atoms with Crippen LogP contribution in [0.5, 0.6) is 5.75 Å². The number of phosphoric acid groups is 1. The monoisotopic (exact) mass is 577 g/mol. The standard InChI is InChI=1S/C27H36N3O7PS/c1-16-14-28-26(39-16)29-24(31)9-5-18-13-23(30-35-3)27(2)11-10-21-20-8-6-19(36-15-37-38(32,33)34)12-17(20)4-7-22(21)25(18)27/h6,8,12,14,18,21-22,25H,4-5,7,9-11,13,15H2,1-3H3,(H,28,29,31)(H2,32,33,34)/b30-23+/t18-,21?,22?,25?,27-/m1/s1. The molecule has 1 heterocycles. The smallest absolute Gasteiger partial charge is 0.467 e. The summed E-state index contributed by atoms with van der Waals surface area (Å²) in [5.74, 6) is 2.16. The molecule has 2 aromatic rings. The zero-order valence-electron chi connectivity index (χ0n) is 22.5. The molecule has 12 heteroatoms. The van der Waals surface area contributed by atoms with Crippen LogP contribution in [0.15, 0.2) is 29.6 Å². The van der Waals surface area contributed by atoms with Gasteiger partial charge in [-0.05, 0) is 92.4 Å². The fourth-order valence-electron chi connectivity index (χ4n) is 7.32. The molecule has 3 N–H and O–H groups in total. The number of carbonyl (C=O) groups excluding carboxylic acids is 1. The van der Waals surface area contributed by atoms with Gasteiger partial charge in [0, 0.05) is 22.9 Å². The average Bonchev–Trinajstić information content (AvgIpc) is 3.41. The molecule has 3 unspecified atom stereocenters. The van der Waals surface area contributed by atoms with Crippen LogP contribution >= 0.6 is 19.2 Å². The number of carbonyl (C=O) groups is 1. The Kier molecular flexibility index (Phi) is 8.18. The van der Waals surface area contributed by atoms with Gasteiger partial charge in [0.25, 0.3) is 0 Å². The molecular formula is C27H36N3O7PS. The van der Waals surface area contributed by atoms with Gasteiger partial charge in [0.05, 0.1) is 5.71 Å². The number of rotatable bonds is 9. The SMILES string of the molecule is CO/N=C1\C[C@@H](CCC(=O)Nc2ncc(C)s2)C2C3CCc4cc(OCOP(=O)(O)O)ccc4C3CC[C@]12C. The number of thiazole rings is 1. The van der Waals surface area contributed by atoms with Gasteiger partial charge in [0.2, 0.25) is 5.91 Å². The lowest BCUT2D eigenvalue weighted by Gasteiger charge is -2.50. The fraction of sp³-hybridized carbons (Fsp3) is 0.593. The van der Waals surface area contributed by atoms with Gasteiger partial charge in [0.15, 0.2) is 11.9 Å². The minimum absolute atomic E-state index is 0.000193. The molecule has 3 aliphatic rings. The number of aromatic nitrogens is 1. The fourth-order valence-corrected chi connectivity index (χ4v) is 8.19. The lowest BCUT2D eigenvalue weighted by Crippen LogP contribution is -2.44. The lowest BCUT2D eigenvalue weighted by atomic mass is 9.54. The van der Waals surface area contributed by atoms with Crippen molar-refractivity contribution in [1.29, 1.82) is 0 Å². The Balaban J connectivity index is 1.32. The van der Waals surface area contributed by atoms with Crippen molar-refractivity contribution in [2.75, 3.05) is 19.2 Å². The van der Waals surface area contributed by atoms with Crippen molar-refractivity contribution < 1.29 is 33.2 Å². The second kappa shape index (κ2) is 11.3. The van der Waals surface area contributed by atoms with Crippen LogP contribution in [0, 0.1) is 30.1 Å². The molecule has 1 amide bonds. The van der Waals surface area contributed by atoms with Crippen LogP contribution in [0.25, 0.3) is 0 Å². The van der Waals surface area contributed by atoms with Crippen LogP contribution in [0.4, 0.5) is 5.13 Å². The highest BCUT2D eigenvalue weighted by molar-refractivity contribution is 7.46. The Labute approximate surface area is 232 Å². The minimum Gasteiger partial charge on any atom is -0.467 e. The molecule has 0 saturated heterocycles. The second-order valence-corrected chi connectivity index (χ2v) is 13.6. The summed E-state index contributed by atoms with van der Waals surface area (Å²) in [4.78, 5) is 41.2. The van der Waals surface area contributed by atoms with E-state index in [9.17, 15) is 9.36 Å². The third-order valence-electron chi connectivity index (χ3n) is 8.83. The molecule has 39 heavy (non-hydrogen) atoms. The Hall–Kier alpha value is -2.30. The minimum atomic E-state index is -4.58. The van der Waals surface area contributed by atoms with Crippen molar-refractivity contribution in [3.05, 3.63) is 40.4 Å². The summed E-state index contributed by atoms with van der Waals surface area (Å²) in [6.07, 6.45) is 7.84. The number of amides is 1. The van der Waals surface area contributed by atoms with Gasteiger partial charge in [-0.2, -0.15) is 0 Å². The van der Waals surface area contributed by atoms with Crippen LogP contribution in [-0.4, -0.2) is 40.3 Å². The van der Waals surface area contributed by atoms with E-state index in [4.69, 9.17) is 19.4 Å². The molecule has 10 nitrogen and oxygen atoms in total. The number of benzene rings is 1. The average molecular weight is 578 g/mol. The number of hydrogen-bond donors (Lipinski definition) is 3. The summed E-state index contributed by atoms with van der Waals surface area (Å²) >= 11 is 1.48. The molecule has 1 aromatic heterocycles. The number of nitrogens with one attached hydrogen (secondary N) is 1. The van der Waals surface area contributed by atoms with Crippen LogP contribution in [0.2, 0.25) is 0 Å². The first-order chi connectivity index (χ1) is 18.6. The normalized spacial score (nSPS) is 28.9. The van der Waals surface area contributed by atoms with Crippen molar-refractivity contribution in [1.82, 2.24) is 4.98 Å². The first kappa shape index (κ1) is 28.2. The van der Waals surface area contributed by atoms with Crippen molar-refractivity contribution in [3.8, 4) is 5.75 Å². The third-order valence-corrected chi connectivity index (χ3v) is 10.1. The summed E-state index contributed by atoms with van der Waals surface area (Å²) in [5, 5.41) is 8.09. The van der Waals surface area contributed by atoms with Gasteiger partial charge < -0.3 is 24.7 Å². The summed E-state index contributed by atoms with van der Waals surface area (Å²) in [7, 11) is -2.97. The Bertz CT molecular complexity index is 1290. The van der Waals surface area contributed by atoms with Crippen molar-refractivity contribution in [2.24, 2.45) is 28.3 Å². The summed E-state index contributed by atoms with van der Waals surface area (Å²) in [6.45, 7) is 3.80. The molecule has 3 aliphatic carbocycles. The molecule has 5 rings (SSSR count). The van der Waals surface area contributed by atoms with Crippen LogP contribution in [0.1, 0.15) is 67.4 Å². The van der Waals surface area contributed by atoms with E-state index in [-0.39, 0.29) is 11.3 Å². The lowest BCUT2D eigenvalue weighted by molar-refractivity contribution is -0.116. The van der Waals surface area contributed by atoms with E-state index in [0.717, 1.165) is 49.1 Å². The molecule has 5 atom stereocenters. The highest BCUT2D eigenvalue weighted by atomic mass is 32.1. The van der Waals surface area contributed by atoms with Crippen LogP contribution < -0.4 is 10.1 Å².